The smallest absolute Gasteiger partial charge is 0.343 e. The van der Waals surface area contributed by atoms with Crippen molar-refractivity contribution in [3.8, 4) is 17.1 Å². The van der Waals surface area contributed by atoms with E-state index in [9.17, 15) is 9.90 Å². The van der Waals surface area contributed by atoms with Crippen LogP contribution in [0.2, 0.25) is 0 Å². The van der Waals surface area contributed by atoms with Gasteiger partial charge in [-0.15, -0.1) is 0 Å². The summed E-state index contributed by atoms with van der Waals surface area (Å²) in [6, 6.07) is 7.17. The second-order valence-electron chi connectivity index (χ2n) is 8.47. The lowest BCUT2D eigenvalue weighted by Crippen LogP contribution is -2.57. The first-order valence-corrected chi connectivity index (χ1v) is 10.5. The number of ether oxygens (including phenoxy) is 1. The summed E-state index contributed by atoms with van der Waals surface area (Å²) in [5.74, 6) is 0.402. The summed E-state index contributed by atoms with van der Waals surface area (Å²) >= 11 is 0. The molecule has 8 nitrogen and oxygen atoms in total. The average molecular weight is 415 g/mol. The quantitative estimate of drug-likeness (QED) is 0.818. The van der Waals surface area contributed by atoms with Gasteiger partial charge in [-0.1, -0.05) is 5.16 Å². The first kappa shape index (κ1) is 20.7. The van der Waals surface area contributed by atoms with Crippen LogP contribution in [-0.4, -0.2) is 85.5 Å². The molecule has 0 atom stereocenters. The van der Waals surface area contributed by atoms with Crippen molar-refractivity contribution in [2.45, 2.75) is 24.8 Å². The van der Waals surface area contributed by atoms with Gasteiger partial charge < -0.3 is 24.2 Å². The van der Waals surface area contributed by atoms with Gasteiger partial charge >= 0.3 is 5.97 Å². The van der Waals surface area contributed by atoms with Crippen LogP contribution < -0.4 is 9.64 Å². The monoisotopic (exact) mass is 414 g/mol. The number of aromatic nitrogens is 1. The number of aromatic carboxylic acids is 1. The van der Waals surface area contributed by atoms with E-state index in [0.29, 0.717) is 17.1 Å². The van der Waals surface area contributed by atoms with E-state index in [1.165, 1.54) is 0 Å². The van der Waals surface area contributed by atoms with Crippen LogP contribution in [0.25, 0.3) is 11.3 Å². The molecule has 4 rings (SSSR count). The fourth-order valence-electron chi connectivity index (χ4n) is 4.68. The van der Waals surface area contributed by atoms with E-state index in [0.717, 1.165) is 52.0 Å². The highest BCUT2D eigenvalue weighted by atomic mass is 16.5. The molecule has 1 spiro atoms. The van der Waals surface area contributed by atoms with Crippen LogP contribution in [0.1, 0.15) is 29.6 Å². The van der Waals surface area contributed by atoms with E-state index >= 15 is 0 Å². The van der Waals surface area contributed by atoms with E-state index in [1.807, 2.05) is 0 Å². The first-order chi connectivity index (χ1) is 14.4. The van der Waals surface area contributed by atoms with Gasteiger partial charge in [0.25, 0.3) is 0 Å². The number of carboxylic acids is 1. The molecule has 162 valence electrons. The second-order valence-corrected chi connectivity index (χ2v) is 8.47. The number of rotatable bonds is 4. The summed E-state index contributed by atoms with van der Waals surface area (Å²) in [5, 5.41) is 14.3. The van der Waals surface area contributed by atoms with Crippen molar-refractivity contribution in [2.75, 3.05) is 58.8 Å². The zero-order valence-electron chi connectivity index (χ0n) is 17.9. The van der Waals surface area contributed by atoms with Gasteiger partial charge in [0, 0.05) is 30.7 Å². The van der Waals surface area contributed by atoms with Crippen LogP contribution in [-0.2, 0) is 0 Å². The van der Waals surface area contributed by atoms with Gasteiger partial charge in [-0.25, -0.2) is 4.79 Å². The predicted molar refractivity (Wildman–Crippen MR) is 114 cm³/mol. The van der Waals surface area contributed by atoms with E-state index in [-0.39, 0.29) is 16.9 Å². The van der Waals surface area contributed by atoms with Gasteiger partial charge in [-0.3, -0.25) is 4.90 Å². The van der Waals surface area contributed by atoms with Gasteiger partial charge in [0.1, 0.15) is 5.75 Å². The lowest BCUT2D eigenvalue weighted by molar-refractivity contribution is 0.0601. The molecule has 1 N–H and O–H groups in total. The van der Waals surface area contributed by atoms with Gasteiger partial charge in [0.15, 0.2) is 17.1 Å². The molecule has 2 aliphatic rings. The van der Waals surface area contributed by atoms with Gasteiger partial charge in [0.05, 0.1) is 7.11 Å². The number of carboxylic acid groups (broad SMARTS) is 1. The third kappa shape index (κ3) is 3.77. The standard InChI is InChI=1S/C22H30N4O4/c1-24-13-9-22(10-14-24)15-26(12-4-11-25(22)2)20-18(21(27)28)19(30-23-20)16-5-7-17(29-3)8-6-16/h5-8H,4,9-15H2,1-3H3,(H,27,28). The number of methoxy groups -OCH3 is 1. The van der Waals surface area contributed by atoms with Crippen molar-refractivity contribution in [2.24, 2.45) is 0 Å². The number of hydrogen-bond donors (Lipinski definition) is 1. The summed E-state index contributed by atoms with van der Waals surface area (Å²) < 4.78 is 10.8. The van der Waals surface area contributed by atoms with Crippen LogP contribution in [0, 0.1) is 0 Å². The van der Waals surface area contributed by atoms with Crippen LogP contribution in [0.4, 0.5) is 5.82 Å². The van der Waals surface area contributed by atoms with Crippen molar-refractivity contribution in [1.29, 1.82) is 0 Å². The molecule has 0 amide bonds. The Morgan fingerprint density at radius 2 is 1.83 bits per heavy atom. The van der Waals surface area contributed by atoms with E-state index < -0.39 is 5.97 Å². The Kier molecular flexibility index (Phi) is 5.71. The van der Waals surface area contributed by atoms with Crippen molar-refractivity contribution < 1.29 is 19.2 Å². The zero-order valence-corrected chi connectivity index (χ0v) is 17.9. The van der Waals surface area contributed by atoms with E-state index in [4.69, 9.17) is 9.26 Å². The largest absolute Gasteiger partial charge is 0.497 e. The molecular formula is C22H30N4O4. The van der Waals surface area contributed by atoms with Crippen molar-refractivity contribution in [3.63, 3.8) is 0 Å². The molecule has 2 aliphatic heterocycles. The maximum absolute atomic E-state index is 12.2. The number of likely N-dealkylation sites (tertiary alicyclic amines) is 1. The SMILES string of the molecule is COc1ccc(-c2onc(N3CCCN(C)C4(CCN(C)CC4)C3)c2C(=O)O)cc1. The van der Waals surface area contributed by atoms with Crippen LogP contribution in [0.3, 0.4) is 0 Å². The summed E-state index contributed by atoms with van der Waals surface area (Å²) in [4.78, 5) is 19.2. The van der Waals surface area contributed by atoms with Crippen LogP contribution >= 0.6 is 0 Å². The maximum Gasteiger partial charge on any atom is 0.343 e. The number of piperidine rings is 1. The summed E-state index contributed by atoms with van der Waals surface area (Å²) in [7, 11) is 5.95. The summed E-state index contributed by atoms with van der Waals surface area (Å²) in [6.45, 7) is 4.59. The summed E-state index contributed by atoms with van der Waals surface area (Å²) in [6.07, 6.45) is 3.07. The normalized spacial score (nSPS) is 20.3. The summed E-state index contributed by atoms with van der Waals surface area (Å²) in [5.41, 5.74) is 0.832. The van der Waals surface area contributed by atoms with Gasteiger partial charge in [-0.05, 0) is 70.7 Å². The molecule has 2 aromatic rings. The lowest BCUT2D eigenvalue weighted by Gasteiger charge is -2.47. The molecule has 2 saturated heterocycles. The third-order valence-electron chi connectivity index (χ3n) is 6.67. The number of benzene rings is 1. The number of anilines is 1. The molecule has 30 heavy (non-hydrogen) atoms. The molecule has 0 saturated carbocycles. The van der Waals surface area contributed by atoms with E-state index in [2.05, 4.69) is 34.0 Å². The second kappa shape index (κ2) is 8.28. The minimum absolute atomic E-state index is 0.0258. The first-order valence-electron chi connectivity index (χ1n) is 10.5. The lowest BCUT2D eigenvalue weighted by atomic mass is 9.85. The Balaban J connectivity index is 1.68. The zero-order chi connectivity index (χ0) is 21.3. The molecule has 1 aromatic carbocycles. The Hall–Kier alpha value is -2.58. The molecular weight excluding hydrogens is 384 g/mol. The Bertz CT molecular complexity index is 887. The Morgan fingerprint density at radius 1 is 1.13 bits per heavy atom. The fourth-order valence-corrected chi connectivity index (χ4v) is 4.68. The Labute approximate surface area is 177 Å². The highest BCUT2D eigenvalue weighted by Crippen LogP contribution is 2.37. The van der Waals surface area contributed by atoms with E-state index in [1.54, 1.807) is 31.4 Å². The predicted octanol–water partition coefficient (Wildman–Crippen LogP) is 2.65. The topological polar surface area (TPSA) is 82.3 Å². The number of likely N-dealkylation sites (N-methyl/N-ethyl adjacent to an activating group) is 1. The number of carbonyl (C=O) groups is 1. The fraction of sp³-hybridized carbons (Fsp3) is 0.545. The highest BCUT2D eigenvalue weighted by molar-refractivity contribution is 5.99. The highest BCUT2D eigenvalue weighted by Gasteiger charge is 2.42. The minimum Gasteiger partial charge on any atom is -0.497 e. The number of nitrogens with zero attached hydrogens (tertiary/aromatic N) is 4. The average Bonchev–Trinajstić information content (AvgIpc) is 3.13. The third-order valence-corrected chi connectivity index (χ3v) is 6.67. The Morgan fingerprint density at radius 3 is 2.47 bits per heavy atom. The maximum atomic E-state index is 12.2. The van der Waals surface area contributed by atoms with Crippen molar-refractivity contribution in [3.05, 3.63) is 29.8 Å². The molecule has 1 aromatic heterocycles. The van der Waals surface area contributed by atoms with Crippen molar-refractivity contribution in [1.82, 2.24) is 15.0 Å². The van der Waals surface area contributed by atoms with Gasteiger partial charge in [0.2, 0.25) is 0 Å². The number of hydrogen-bond acceptors (Lipinski definition) is 7. The molecule has 0 aliphatic carbocycles. The van der Waals surface area contributed by atoms with Crippen molar-refractivity contribution >= 4 is 11.8 Å². The molecule has 0 bridgehead atoms. The molecule has 2 fully saturated rings. The molecule has 8 heteroatoms. The van der Waals surface area contributed by atoms with Crippen LogP contribution in [0.15, 0.2) is 28.8 Å². The molecule has 3 heterocycles. The molecule has 0 unspecified atom stereocenters. The minimum atomic E-state index is -1.02. The molecule has 0 radical (unpaired) electrons. The van der Waals surface area contributed by atoms with Crippen LogP contribution in [0.5, 0.6) is 5.75 Å². The van der Waals surface area contributed by atoms with Gasteiger partial charge in [-0.2, -0.15) is 0 Å².